The smallest absolute Gasteiger partial charge is 0.260 e. The largest absolute Gasteiger partial charge is 0.484 e. The lowest BCUT2D eigenvalue weighted by atomic mass is 9.98. The van der Waals surface area contributed by atoms with Crippen molar-refractivity contribution in [2.24, 2.45) is 0 Å². The van der Waals surface area contributed by atoms with E-state index in [2.05, 4.69) is 28.9 Å². The molecule has 5 heteroatoms. The number of amides is 1. The number of carbonyl (C=O) groups excluding carboxylic acids is 1. The lowest BCUT2D eigenvalue weighted by Crippen LogP contribution is -2.47. The van der Waals surface area contributed by atoms with Crippen molar-refractivity contribution in [1.29, 1.82) is 0 Å². The van der Waals surface area contributed by atoms with Crippen LogP contribution in [0, 0.1) is 0 Å². The van der Waals surface area contributed by atoms with Gasteiger partial charge in [0.05, 0.1) is 0 Å². The Labute approximate surface area is 170 Å². The number of ether oxygens (including phenoxy) is 1. The number of nitrogens with zero attached hydrogens (tertiary/aromatic N) is 2. The molecule has 3 rings (SSSR count). The number of hydrogen-bond acceptors (Lipinski definition) is 3. The number of benzene rings is 1. The number of aryl methyl sites for hydroxylation is 1. The molecule has 4 nitrogen and oxygen atoms in total. The Morgan fingerprint density at radius 2 is 1.74 bits per heavy atom. The van der Waals surface area contributed by atoms with Gasteiger partial charge in [0.2, 0.25) is 0 Å². The molecule has 2 saturated heterocycles. The van der Waals surface area contributed by atoms with Crippen LogP contribution in [0.15, 0.2) is 24.3 Å². The fourth-order valence-electron chi connectivity index (χ4n) is 4.19. The lowest BCUT2D eigenvalue weighted by molar-refractivity contribution is -0.137. The molecule has 1 amide bonds. The molecule has 1 unspecified atom stereocenters. The first kappa shape index (κ1) is 22.0. The van der Waals surface area contributed by atoms with Gasteiger partial charge >= 0.3 is 0 Å². The second-order valence-corrected chi connectivity index (χ2v) is 7.71. The zero-order valence-electron chi connectivity index (χ0n) is 16.7. The van der Waals surface area contributed by atoms with Crippen LogP contribution in [0.5, 0.6) is 5.75 Å². The van der Waals surface area contributed by atoms with Gasteiger partial charge in [0.15, 0.2) is 6.61 Å². The molecule has 27 heavy (non-hydrogen) atoms. The number of halogens is 1. The van der Waals surface area contributed by atoms with Gasteiger partial charge in [-0.05, 0) is 75.7 Å². The first-order valence-electron chi connectivity index (χ1n) is 10.5. The van der Waals surface area contributed by atoms with Crippen molar-refractivity contribution in [2.45, 2.75) is 64.3 Å². The van der Waals surface area contributed by atoms with E-state index in [1.165, 1.54) is 44.3 Å². The van der Waals surface area contributed by atoms with Crippen LogP contribution >= 0.6 is 12.4 Å². The number of piperidine rings is 2. The van der Waals surface area contributed by atoms with E-state index in [1.807, 2.05) is 12.1 Å². The summed E-state index contributed by atoms with van der Waals surface area (Å²) in [6.07, 6.45) is 9.68. The van der Waals surface area contributed by atoms with Crippen LogP contribution in [0.2, 0.25) is 0 Å². The van der Waals surface area contributed by atoms with Gasteiger partial charge in [0.1, 0.15) is 5.75 Å². The summed E-state index contributed by atoms with van der Waals surface area (Å²) in [5.41, 5.74) is 1.29. The van der Waals surface area contributed by atoms with Crippen molar-refractivity contribution in [3.05, 3.63) is 29.8 Å². The zero-order valence-corrected chi connectivity index (χ0v) is 17.5. The predicted molar refractivity (Wildman–Crippen MR) is 113 cm³/mol. The van der Waals surface area contributed by atoms with E-state index in [-0.39, 0.29) is 24.9 Å². The van der Waals surface area contributed by atoms with E-state index in [9.17, 15) is 4.79 Å². The van der Waals surface area contributed by atoms with Gasteiger partial charge in [-0.15, -0.1) is 12.4 Å². The average molecular weight is 395 g/mol. The lowest BCUT2D eigenvalue weighted by Gasteiger charge is -2.37. The second kappa shape index (κ2) is 11.6. The van der Waals surface area contributed by atoms with E-state index in [4.69, 9.17) is 4.74 Å². The fourth-order valence-corrected chi connectivity index (χ4v) is 4.19. The summed E-state index contributed by atoms with van der Waals surface area (Å²) >= 11 is 0. The van der Waals surface area contributed by atoms with Crippen molar-refractivity contribution in [3.63, 3.8) is 0 Å². The number of rotatable bonds is 7. The molecule has 2 heterocycles. The molecule has 2 aliphatic rings. The van der Waals surface area contributed by atoms with Crippen LogP contribution in [-0.4, -0.2) is 54.5 Å². The molecular formula is C22H35ClN2O2. The van der Waals surface area contributed by atoms with Crippen molar-refractivity contribution < 1.29 is 9.53 Å². The molecule has 0 N–H and O–H groups in total. The van der Waals surface area contributed by atoms with Gasteiger partial charge in [-0.25, -0.2) is 0 Å². The molecule has 152 valence electrons. The summed E-state index contributed by atoms with van der Waals surface area (Å²) in [5.74, 6) is 0.935. The van der Waals surface area contributed by atoms with Crippen LogP contribution < -0.4 is 4.74 Å². The summed E-state index contributed by atoms with van der Waals surface area (Å²) in [6.45, 7) is 6.79. The van der Waals surface area contributed by atoms with Crippen molar-refractivity contribution in [3.8, 4) is 5.75 Å². The van der Waals surface area contributed by atoms with E-state index >= 15 is 0 Å². The number of carbonyl (C=O) groups is 1. The van der Waals surface area contributed by atoms with E-state index < -0.39 is 0 Å². The third-order valence-corrected chi connectivity index (χ3v) is 5.87. The van der Waals surface area contributed by atoms with Crippen molar-refractivity contribution in [2.75, 3.05) is 32.8 Å². The first-order chi connectivity index (χ1) is 12.8. The second-order valence-electron chi connectivity index (χ2n) is 7.71. The monoisotopic (exact) mass is 394 g/mol. The van der Waals surface area contributed by atoms with Crippen LogP contribution in [0.4, 0.5) is 0 Å². The molecule has 0 spiro atoms. The van der Waals surface area contributed by atoms with Crippen LogP contribution in [-0.2, 0) is 11.2 Å². The number of hydrogen-bond donors (Lipinski definition) is 0. The molecule has 1 aromatic carbocycles. The minimum Gasteiger partial charge on any atom is -0.484 e. The first-order valence-corrected chi connectivity index (χ1v) is 10.5. The van der Waals surface area contributed by atoms with E-state index in [0.717, 1.165) is 44.5 Å². The maximum Gasteiger partial charge on any atom is 0.260 e. The molecule has 0 aliphatic carbocycles. The summed E-state index contributed by atoms with van der Waals surface area (Å²) in [7, 11) is 0. The Hall–Kier alpha value is -1.26. The molecule has 1 aromatic rings. The summed E-state index contributed by atoms with van der Waals surface area (Å²) in [6, 6.07) is 8.47. The number of likely N-dealkylation sites (tertiary alicyclic amines) is 2. The highest BCUT2D eigenvalue weighted by molar-refractivity contribution is 5.85. The van der Waals surface area contributed by atoms with Crippen LogP contribution in [0.3, 0.4) is 0 Å². The highest BCUT2D eigenvalue weighted by atomic mass is 35.5. The summed E-state index contributed by atoms with van der Waals surface area (Å²) in [5, 5.41) is 0. The van der Waals surface area contributed by atoms with Gasteiger partial charge < -0.3 is 14.5 Å². The Kier molecular flexibility index (Phi) is 9.43. The fraction of sp³-hybridized carbons (Fsp3) is 0.682. The standard InChI is InChI=1S/C22H34N2O2.ClH/c1-2-19-9-11-21(12-10-19)26-18-22(25)24-16-7-4-8-20(24)13-17-23-14-5-3-6-15-23;/h9-12,20H,2-8,13-18H2,1H3;1H. The Balaban J connectivity index is 0.00000261. The van der Waals surface area contributed by atoms with Gasteiger partial charge in [0.25, 0.3) is 5.91 Å². The van der Waals surface area contributed by atoms with Gasteiger partial charge in [-0.3, -0.25) is 4.79 Å². The Morgan fingerprint density at radius 1 is 1.04 bits per heavy atom. The highest BCUT2D eigenvalue weighted by Gasteiger charge is 2.27. The van der Waals surface area contributed by atoms with E-state index in [0.29, 0.717) is 6.04 Å². The quantitative estimate of drug-likeness (QED) is 0.690. The van der Waals surface area contributed by atoms with Crippen molar-refractivity contribution >= 4 is 18.3 Å². The third kappa shape index (κ3) is 6.69. The van der Waals surface area contributed by atoms with Crippen LogP contribution in [0.25, 0.3) is 0 Å². The summed E-state index contributed by atoms with van der Waals surface area (Å²) in [4.78, 5) is 17.4. The van der Waals surface area contributed by atoms with Gasteiger partial charge in [0, 0.05) is 19.1 Å². The van der Waals surface area contributed by atoms with E-state index in [1.54, 1.807) is 0 Å². The molecular weight excluding hydrogens is 360 g/mol. The molecule has 0 bridgehead atoms. The summed E-state index contributed by atoms with van der Waals surface area (Å²) < 4.78 is 5.76. The van der Waals surface area contributed by atoms with Crippen LogP contribution in [0.1, 0.15) is 57.4 Å². The normalized spacial score (nSPS) is 20.8. The predicted octanol–water partition coefficient (Wildman–Crippen LogP) is 4.31. The minimum atomic E-state index is 0. The molecule has 1 atom stereocenters. The Morgan fingerprint density at radius 3 is 2.44 bits per heavy atom. The van der Waals surface area contributed by atoms with Crippen molar-refractivity contribution in [1.82, 2.24) is 9.80 Å². The van der Waals surface area contributed by atoms with Gasteiger partial charge in [-0.1, -0.05) is 25.5 Å². The average Bonchev–Trinajstić information content (AvgIpc) is 2.72. The maximum absolute atomic E-state index is 12.7. The topological polar surface area (TPSA) is 32.8 Å². The molecule has 0 aromatic heterocycles. The molecule has 0 radical (unpaired) electrons. The zero-order chi connectivity index (χ0) is 18.2. The minimum absolute atomic E-state index is 0. The Bertz CT molecular complexity index is 558. The van der Waals surface area contributed by atoms with Gasteiger partial charge in [-0.2, -0.15) is 0 Å². The molecule has 0 saturated carbocycles. The molecule has 2 aliphatic heterocycles. The third-order valence-electron chi connectivity index (χ3n) is 5.87. The SMILES string of the molecule is CCc1ccc(OCC(=O)N2CCCCC2CCN2CCCCC2)cc1.Cl. The maximum atomic E-state index is 12.7. The molecule has 2 fully saturated rings. The highest BCUT2D eigenvalue weighted by Crippen LogP contribution is 2.22.